The Balaban J connectivity index is 1.79. The number of halogens is 1. The van der Waals surface area contributed by atoms with E-state index < -0.39 is 5.38 Å². The smallest absolute Gasteiger partial charge is 0.246 e. The van der Waals surface area contributed by atoms with E-state index in [9.17, 15) is 4.79 Å². The molecule has 1 aliphatic carbocycles. The van der Waals surface area contributed by atoms with Gasteiger partial charge < -0.3 is 4.90 Å². The molecule has 2 aromatic rings. The molecule has 24 heavy (non-hydrogen) atoms. The molecule has 2 aromatic carbocycles. The minimum Gasteiger partial charge on any atom is -0.310 e. The molecule has 0 bridgehead atoms. The van der Waals surface area contributed by atoms with Crippen molar-refractivity contribution in [1.82, 2.24) is 4.90 Å². The van der Waals surface area contributed by atoms with Gasteiger partial charge in [0.15, 0.2) is 0 Å². The molecule has 0 spiro atoms. The minimum absolute atomic E-state index is 0.0255. The molecule has 122 valence electrons. The van der Waals surface area contributed by atoms with Crippen molar-refractivity contribution in [3.05, 3.63) is 83.6 Å². The van der Waals surface area contributed by atoms with E-state index >= 15 is 0 Å². The minimum atomic E-state index is -0.532. The Kier molecular flexibility index (Phi) is 3.93. The molecule has 0 N–H and O–H groups in total. The number of hydrogen-bond acceptors (Lipinski definition) is 1. The van der Waals surface area contributed by atoms with Gasteiger partial charge in [0.1, 0.15) is 5.38 Å². The molecule has 1 heterocycles. The highest BCUT2D eigenvalue weighted by molar-refractivity contribution is 6.33. The highest BCUT2D eigenvalue weighted by Crippen LogP contribution is 2.52. The number of allylic oxidation sites excluding steroid dienone is 2. The number of carbonyl (C=O) groups excluding carboxylic acids is 1. The molecule has 0 radical (unpaired) electrons. The van der Waals surface area contributed by atoms with Gasteiger partial charge in [-0.3, -0.25) is 4.79 Å². The largest absolute Gasteiger partial charge is 0.310 e. The van der Waals surface area contributed by atoms with E-state index in [4.69, 9.17) is 11.6 Å². The molecule has 2 aliphatic rings. The monoisotopic (exact) mass is 337 g/mol. The van der Waals surface area contributed by atoms with Crippen molar-refractivity contribution in [2.45, 2.75) is 36.6 Å². The predicted molar refractivity (Wildman–Crippen MR) is 96.7 cm³/mol. The normalized spacial score (nSPS) is 26.2. The van der Waals surface area contributed by atoms with Crippen molar-refractivity contribution in [2.75, 3.05) is 0 Å². The zero-order chi connectivity index (χ0) is 16.6. The second-order valence-corrected chi connectivity index (χ2v) is 7.03. The molecule has 0 unspecified atom stereocenters. The van der Waals surface area contributed by atoms with Crippen molar-refractivity contribution in [3.8, 4) is 0 Å². The lowest BCUT2D eigenvalue weighted by molar-refractivity contribution is -0.127. The van der Waals surface area contributed by atoms with Gasteiger partial charge in [-0.1, -0.05) is 66.7 Å². The molecule has 0 saturated carbocycles. The topological polar surface area (TPSA) is 20.3 Å². The van der Waals surface area contributed by atoms with Gasteiger partial charge in [-0.2, -0.15) is 0 Å². The van der Waals surface area contributed by atoms with E-state index in [-0.39, 0.29) is 11.3 Å². The Morgan fingerprint density at radius 3 is 2.42 bits per heavy atom. The lowest BCUT2D eigenvalue weighted by atomic mass is 9.70. The first-order valence-electron chi connectivity index (χ1n) is 8.49. The molecule has 4 rings (SSSR count). The highest BCUT2D eigenvalue weighted by Gasteiger charge is 2.56. The third-order valence-electron chi connectivity index (χ3n) is 5.25. The fraction of sp³-hybridized carbons (Fsp3) is 0.286. The maximum absolute atomic E-state index is 13.0. The maximum atomic E-state index is 13.0. The standard InChI is InChI=1S/C21H20ClNO/c22-19-20(24)23(15-16-9-3-1-4-10-16)18-13-7-8-14-21(18,19)17-11-5-2-6-12-17/h1-6,9-13,19H,7-8,14-15H2/t19-,21+/m0/s1. The summed E-state index contributed by atoms with van der Waals surface area (Å²) in [5, 5.41) is -0.532. The molecule has 2 nitrogen and oxygen atoms in total. The Bertz CT molecular complexity index is 771. The van der Waals surface area contributed by atoms with Crippen molar-refractivity contribution < 1.29 is 4.79 Å². The lowest BCUT2D eigenvalue weighted by Gasteiger charge is -2.36. The highest BCUT2D eigenvalue weighted by atomic mass is 35.5. The summed E-state index contributed by atoms with van der Waals surface area (Å²) in [5.74, 6) is 0.0255. The molecule has 1 aliphatic heterocycles. The number of hydrogen-bond donors (Lipinski definition) is 0. The summed E-state index contributed by atoms with van der Waals surface area (Å²) >= 11 is 6.76. The van der Waals surface area contributed by atoms with Crippen LogP contribution >= 0.6 is 11.6 Å². The number of alkyl halides is 1. The van der Waals surface area contributed by atoms with E-state index in [1.54, 1.807) is 0 Å². The number of amides is 1. The quantitative estimate of drug-likeness (QED) is 0.747. The molecule has 2 atom stereocenters. The summed E-state index contributed by atoms with van der Waals surface area (Å²) in [4.78, 5) is 14.9. The zero-order valence-electron chi connectivity index (χ0n) is 13.5. The van der Waals surface area contributed by atoms with Crippen molar-refractivity contribution in [2.24, 2.45) is 0 Å². The van der Waals surface area contributed by atoms with Crippen molar-refractivity contribution in [1.29, 1.82) is 0 Å². The molecule has 3 heteroatoms. The lowest BCUT2D eigenvalue weighted by Crippen LogP contribution is -2.36. The van der Waals surface area contributed by atoms with Crippen LogP contribution in [0.2, 0.25) is 0 Å². The van der Waals surface area contributed by atoms with Crippen LogP contribution in [0.4, 0.5) is 0 Å². The van der Waals surface area contributed by atoms with Gasteiger partial charge >= 0.3 is 0 Å². The SMILES string of the molecule is O=C1[C@H](Cl)[C@@]2(c3ccccc3)CCCC=C2N1Cc1ccccc1. The zero-order valence-corrected chi connectivity index (χ0v) is 14.2. The van der Waals surface area contributed by atoms with Crippen LogP contribution in [-0.2, 0) is 16.8 Å². The van der Waals surface area contributed by atoms with Crippen LogP contribution in [-0.4, -0.2) is 16.2 Å². The first kappa shape index (κ1) is 15.5. The van der Waals surface area contributed by atoms with E-state index in [1.165, 1.54) is 0 Å². The maximum Gasteiger partial charge on any atom is 0.246 e. The summed E-state index contributed by atoms with van der Waals surface area (Å²) < 4.78 is 0. The third kappa shape index (κ3) is 2.29. The number of nitrogens with zero attached hydrogens (tertiary/aromatic N) is 1. The Hall–Kier alpha value is -2.06. The molecule has 1 saturated heterocycles. The average Bonchev–Trinajstić information content (AvgIpc) is 2.86. The summed E-state index contributed by atoms with van der Waals surface area (Å²) in [6.45, 7) is 0.587. The van der Waals surface area contributed by atoms with E-state index in [0.29, 0.717) is 6.54 Å². The molecular formula is C21H20ClNO. The Labute approximate surface area is 147 Å². The van der Waals surface area contributed by atoms with Crippen LogP contribution in [0.3, 0.4) is 0 Å². The van der Waals surface area contributed by atoms with Crippen molar-refractivity contribution in [3.63, 3.8) is 0 Å². The van der Waals surface area contributed by atoms with E-state index in [2.05, 4.69) is 30.3 Å². The van der Waals surface area contributed by atoms with Gasteiger partial charge in [-0.15, -0.1) is 11.6 Å². The Morgan fingerprint density at radius 2 is 1.71 bits per heavy atom. The second-order valence-electron chi connectivity index (χ2n) is 6.59. The van der Waals surface area contributed by atoms with Gasteiger partial charge in [-0.05, 0) is 30.4 Å². The van der Waals surface area contributed by atoms with Crippen LogP contribution in [0, 0.1) is 0 Å². The number of rotatable bonds is 3. The number of fused-ring (bicyclic) bond motifs is 1. The van der Waals surface area contributed by atoms with Gasteiger partial charge in [0.05, 0.1) is 12.0 Å². The van der Waals surface area contributed by atoms with Crippen molar-refractivity contribution >= 4 is 17.5 Å². The molecular weight excluding hydrogens is 318 g/mol. The fourth-order valence-corrected chi connectivity index (χ4v) is 4.57. The molecule has 1 amide bonds. The number of likely N-dealkylation sites (tertiary alicyclic amines) is 1. The third-order valence-corrected chi connectivity index (χ3v) is 5.81. The Morgan fingerprint density at radius 1 is 1.04 bits per heavy atom. The van der Waals surface area contributed by atoms with Crippen LogP contribution in [0.15, 0.2) is 72.4 Å². The van der Waals surface area contributed by atoms with Gasteiger partial charge in [0.2, 0.25) is 5.91 Å². The second kappa shape index (κ2) is 6.10. The first-order chi connectivity index (χ1) is 11.7. The van der Waals surface area contributed by atoms with Crippen LogP contribution < -0.4 is 0 Å². The molecule has 1 fully saturated rings. The number of carbonyl (C=O) groups is 1. The summed E-state index contributed by atoms with van der Waals surface area (Å²) in [5.41, 5.74) is 2.99. The van der Waals surface area contributed by atoms with Crippen LogP contribution in [0.25, 0.3) is 0 Å². The summed E-state index contributed by atoms with van der Waals surface area (Å²) in [6.07, 6.45) is 5.22. The first-order valence-corrected chi connectivity index (χ1v) is 8.92. The van der Waals surface area contributed by atoms with Crippen LogP contribution in [0.5, 0.6) is 0 Å². The van der Waals surface area contributed by atoms with Gasteiger partial charge in [0.25, 0.3) is 0 Å². The average molecular weight is 338 g/mol. The van der Waals surface area contributed by atoms with E-state index in [1.807, 2.05) is 41.3 Å². The fourth-order valence-electron chi connectivity index (χ4n) is 4.11. The van der Waals surface area contributed by atoms with Crippen LogP contribution in [0.1, 0.15) is 30.4 Å². The van der Waals surface area contributed by atoms with Gasteiger partial charge in [-0.25, -0.2) is 0 Å². The summed E-state index contributed by atoms with van der Waals surface area (Å²) in [6, 6.07) is 20.4. The summed E-state index contributed by atoms with van der Waals surface area (Å²) in [7, 11) is 0. The van der Waals surface area contributed by atoms with E-state index in [0.717, 1.165) is 36.1 Å². The number of benzene rings is 2. The predicted octanol–water partition coefficient (Wildman–Crippen LogP) is 4.64. The molecule has 0 aromatic heterocycles. The van der Waals surface area contributed by atoms with Gasteiger partial charge in [0, 0.05) is 5.70 Å².